The lowest BCUT2D eigenvalue weighted by molar-refractivity contribution is -0.0176. The molecule has 0 aromatic heterocycles. The van der Waals surface area contributed by atoms with E-state index in [2.05, 4.69) is 0 Å². The van der Waals surface area contributed by atoms with Crippen molar-refractivity contribution in [2.24, 2.45) is 0 Å². The molecule has 8 heteroatoms. The molecule has 0 spiro atoms. The first-order chi connectivity index (χ1) is 11.2. The normalized spacial score (nSPS) is 14.7. The molecule has 0 amide bonds. The first-order valence-electron chi connectivity index (χ1n) is 7.44. The van der Waals surface area contributed by atoms with Crippen molar-refractivity contribution in [2.75, 3.05) is 25.1 Å². The van der Waals surface area contributed by atoms with E-state index in [1.165, 1.54) is 0 Å². The first kappa shape index (κ1) is 19.5. The minimum atomic E-state index is 0. The highest BCUT2D eigenvalue weighted by Crippen LogP contribution is 2.37. The van der Waals surface area contributed by atoms with Gasteiger partial charge < -0.3 is 30.4 Å². The molecule has 2 aliphatic rings. The van der Waals surface area contributed by atoms with Crippen LogP contribution >= 0.6 is 24.8 Å². The third-order valence-corrected chi connectivity index (χ3v) is 4.00. The summed E-state index contributed by atoms with van der Waals surface area (Å²) in [4.78, 5) is 0. The zero-order valence-corrected chi connectivity index (χ0v) is 15.1. The number of rotatable bonds is 2. The van der Waals surface area contributed by atoms with Crippen LogP contribution in [-0.4, -0.2) is 13.6 Å². The topological polar surface area (TPSA) is 89.0 Å². The van der Waals surface area contributed by atoms with Crippen molar-refractivity contribution in [1.82, 2.24) is 0 Å². The van der Waals surface area contributed by atoms with E-state index < -0.39 is 0 Å². The van der Waals surface area contributed by atoms with Crippen molar-refractivity contribution in [2.45, 2.75) is 19.6 Å². The Morgan fingerprint density at radius 1 is 0.720 bits per heavy atom. The average Bonchev–Trinajstić information content (AvgIpc) is 2.54. The summed E-state index contributed by atoms with van der Waals surface area (Å²) in [5, 5.41) is 0. The number of nitrogen functional groups attached to an aromatic ring is 2. The van der Waals surface area contributed by atoms with Gasteiger partial charge in [-0.2, -0.15) is 0 Å². The van der Waals surface area contributed by atoms with Crippen LogP contribution in [0.25, 0.3) is 0 Å². The highest BCUT2D eigenvalue weighted by Gasteiger charge is 2.20. The second-order valence-corrected chi connectivity index (χ2v) is 5.73. The number of fused-ring (bicyclic) bond motifs is 2. The van der Waals surface area contributed by atoms with Gasteiger partial charge in [0.05, 0.1) is 13.2 Å². The van der Waals surface area contributed by atoms with Crippen molar-refractivity contribution >= 4 is 36.2 Å². The van der Waals surface area contributed by atoms with Crippen molar-refractivity contribution in [3.63, 3.8) is 0 Å². The SMILES string of the molecule is Cl.Cl.Nc1cc2c(c(Cc3cc(N)cc4c3OCOC4)c1)OCOC2. The van der Waals surface area contributed by atoms with Gasteiger partial charge in [0.15, 0.2) is 13.6 Å². The van der Waals surface area contributed by atoms with Crippen molar-refractivity contribution in [1.29, 1.82) is 0 Å². The summed E-state index contributed by atoms with van der Waals surface area (Å²) in [6, 6.07) is 7.63. The Morgan fingerprint density at radius 2 is 1.16 bits per heavy atom. The van der Waals surface area contributed by atoms with Gasteiger partial charge in [0.2, 0.25) is 0 Å². The fourth-order valence-corrected chi connectivity index (χ4v) is 3.12. The highest BCUT2D eigenvalue weighted by atomic mass is 35.5. The Bertz CT molecular complexity index is 707. The second-order valence-electron chi connectivity index (χ2n) is 5.73. The Balaban J connectivity index is 0.00000113. The molecule has 2 aromatic carbocycles. The van der Waals surface area contributed by atoms with Crippen LogP contribution < -0.4 is 20.9 Å². The zero-order chi connectivity index (χ0) is 15.8. The molecule has 0 saturated heterocycles. The number of hydrogen-bond donors (Lipinski definition) is 2. The monoisotopic (exact) mass is 386 g/mol. The second kappa shape index (κ2) is 8.01. The Hall–Kier alpha value is -1.86. The van der Waals surface area contributed by atoms with Crippen LogP contribution in [0.5, 0.6) is 11.5 Å². The van der Waals surface area contributed by atoms with Gasteiger partial charge >= 0.3 is 0 Å². The van der Waals surface area contributed by atoms with Crippen molar-refractivity contribution in [3.05, 3.63) is 46.5 Å². The summed E-state index contributed by atoms with van der Waals surface area (Å²) in [5.74, 6) is 1.68. The number of benzene rings is 2. The average molecular weight is 387 g/mol. The van der Waals surface area contributed by atoms with Crippen LogP contribution in [0.2, 0.25) is 0 Å². The third kappa shape index (κ3) is 3.88. The molecule has 2 aromatic rings. The van der Waals surface area contributed by atoms with Crippen molar-refractivity contribution in [3.8, 4) is 11.5 Å². The minimum Gasteiger partial charge on any atom is -0.467 e. The minimum absolute atomic E-state index is 0. The molecule has 0 saturated carbocycles. The van der Waals surface area contributed by atoms with Gasteiger partial charge in [-0.15, -0.1) is 24.8 Å². The number of nitrogens with two attached hydrogens (primary N) is 2. The van der Waals surface area contributed by atoms with Gasteiger partial charge in [-0.25, -0.2) is 0 Å². The lowest BCUT2D eigenvalue weighted by Gasteiger charge is -2.24. The fraction of sp³-hybridized carbons (Fsp3) is 0.294. The molecule has 4 rings (SSSR count). The molecule has 25 heavy (non-hydrogen) atoms. The van der Waals surface area contributed by atoms with Crippen LogP contribution in [0, 0.1) is 0 Å². The molecule has 0 fully saturated rings. The maximum Gasteiger partial charge on any atom is 0.189 e. The molecule has 0 bridgehead atoms. The van der Waals surface area contributed by atoms with E-state index in [4.69, 9.17) is 30.4 Å². The molecular weight excluding hydrogens is 367 g/mol. The van der Waals surface area contributed by atoms with Gasteiger partial charge in [-0.1, -0.05) is 0 Å². The van der Waals surface area contributed by atoms with E-state index in [0.29, 0.717) is 31.0 Å². The van der Waals surface area contributed by atoms with Crippen molar-refractivity contribution < 1.29 is 18.9 Å². The summed E-state index contributed by atoms with van der Waals surface area (Å²) >= 11 is 0. The zero-order valence-electron chi connectivity index (χ0n) is 13.4. The van der Waals surface area contributed by atoms with E-state index >= 15 is 0 Å². The number of ether oxygens (including phenoxy) is 4. The van der Waals surface area contributed by atoms with E-state index in [9.17, 15) is 0 Å². The standard InChI is InChI=1S/C17H18N2O4.2ClH/c18-14-2-10(16-12(4-14)6-20-8-22-16)1-11-3-15(19)5-13-7-21-9-23-17(11)13;;/h2-5H,1,6-9,18-19H2;2*1H. The van der Waals surface area contributed by atoms with Gasteiger partial charge in [-0.3, -0.25) is 0 Å². The molecule has 2 heterocycles. The number of anilines is 2. The van der Waals surface area contributed by atoms with Gasteiger partial charge in [0, 0.05) is 40.0 Å². The smallest absolute Gasteiger partial charge is 0.189 e. The Morgan fingerprint density at radius 3 is 1.60 bits per heavy atom. The summed E-state index contributed by atoms with van der Waals surface area (Å²) in [6.45, 7) is 1.52. The lowest BCUT2D eigenvalue weighted by Crippen LogP contribution is -2.16. The predicted molar refractivity (Wildman–Crippen MR) is 99.6 cm³/mol. The fourth-order valence-electron chi connectivity index (χ4n) is 3.12. The van der Waals surface area contributed by atoms with E-state index in [1.807, 2.05) is 24.3 Å². The molecule has 136 valence electrons. The van der Waals surface area contributed by atoms with Gasteiger partial charge in [-0.05, 0) is 24.3 Å². The van der Waals surface area contributed by atoms with Gasteiger partial charge in [0.1, 0.15) is 11.5 Å². The van der Waals surface area contributed by atoms with E-state index in [1.54, 1.807) is 0 Å². The quantitative estimate of drug-likeness (QED) is 0.771. The van der Waals surface area contributed by atoms with Crippen LogP contribution in [0.1, 0.15) is 22.3 Å². The third-order valence-electron chi connectivity index (χ3n) is 4.00. The summed E-state index contributed by atoms with van der Waals surface area (Å²) in [6.07, 6.45) is 0.626. The summed E-state index contributed by atoms with van der Waals surface area (Å²) in [5.41, 5.74) is 17.4. The molecule has 6 nitrogen and oxygen atoms in total. The van der Waals surface area contributed by atoms with E-state index in [-0.39, 0.29) is 38.4 Å². The summed E-state index contributed by atoms with van der Waals surface area (Å²) < 4.78 is 22.0. The van der Waals surface area contributed by atoms with Crippen LogP contribution in [0.15, 0.2) is 24.3 Å². The number of halogens is 2. The molecule has 0 atom stereocenters. The summed E-state index contributed by atoms with van der Waals surface area (Å²) in [7, 11) is 0. The largest absolute Gasteiger partial charge is 0.467 e. The maximum atomic E-state index is 6.02. The molecule has 0 unspecified atom stereocenters. The number of hydrogen-bond acceptors (Lipinski definition) is 6. The molecule has 4 N–H and O–H groups in total. The van der Waals surface area contributed by atoms with Gasteiger partial charge in [0.25, 0.3) is 0 Å². The predicted octanol–water partition coefficient (Wildman–Crippen LogP) is 3.02. The maximum absolute atomic E-state index is 6.02. The molecule has 0 radical (unpaired) electrons. The van der Waals surface area contributed by atoms with Crippen LogP contribution in [-0.2, 0) is 29.1 Å². The highest BCUT2D eigenvalue weighted by molar-refractivity contribution is 5.85. The van der Waals surface area contributed by atoms with Crippen LogP contribution in [0.3, 0.4) is 0 Å². The molecular formula is C17H20Cl2N2O4. The first-order valence-corrected chi connectivity index (χ1v) is 7.44. The van der Waals surface area contributed by atoms with E-state index in [0.717, 1.165) is 33.8 Å². The lowest BCUT2D eigenvalue weighted by atomic mass is 9.97. The van der Waals surface area contributed by atoms with Crippen LogP contribution in [0.4, 0.5) is 11.4 Å². The Kier molecular flexibility index (Phi) is 6.24. The molecule has 0 aliphatic carbocycles. The molecule has 2 aliphatic heterocycles. The Labute approximate surface area is 158 Å².